The molecular weight excluding hydrogens is 190 g/mol. The van der Waals surface area contributed by atoms with Crippen LogP contribution >= 0.6 is 0 Å². The Morgan fingerprint density at radius 2 is 1.93 bits per heavy atom. The van der Waals surface area contributed by atoms with Crippen LogP contribution in [0.1, 0.15) is 10.4 Å². The molecular formula is C12H10NO2. The third-order valence-electron chi connectivity index (χ3n) is 2.31. The SMILES string of the molecule is CNC(=O)c1cc([O])c2ccccc2c1. The molecule has 0 fully saturated rings. The van der Waals surface area contributed by atoms with Crippen LogP contribution in [0, 0.1) is 0 Å². The third-order valence-corrected chi connectivity index (χ3v) is 2.31. The molecule has 0 atom stereocenters. The van der Waals surface area contributed by atoms with Gasteiger partial charge in [0, 0.05) is 18.0 Å². The molecule has 3 heteroatoms. The van der Waals surface area contributed by atoms with Gasteiger partial charge in [0.1, 0.15) is 0 Å². The van der Waals surface area contributed by atoms with Crippen molar-refractivity contribution in [1.29, 1.82) is 0 Å². The maximum absolute atomic E-state index is 11.6. The summed E-state index contributed by atoms with van der Waals surface area (Å²) in [5, 5.41) is 15.6. The fourth-order valence-electron chi connectivity index (χ4n) is 1.55. The van der Waals surface area contributed by atoms with E-state index < -0.39 is 0 Å². The van der Waals surface area contributed by atoms with Crippen LogP contribution in [0.4, 0.5) is 0 Å². The molecule has 0 saturated heterocycles. The van der Waals surface area contributed by atoms with E-state index in [0.717, 1.165) is 5.39 Å². The van der Waals surface area contributed by atoms with E-state index in [-0.39, 0.29) is 11.7 Å². The smallest absolute Gasteiger partial charge is 0.251 e. The number of benzene rings is 2. The van der Waals surface area contributed by atoms with Crippen molar-refractivity contribution in [3.8, 4) is 5.75 Å². The number of hydrogen-bond acceptors (Lipinski definition) is 1. The van der Waals surface area contributed by atoms with E-state index in [1.807, 2.05) is 18.2 Å². The number of rotatable bonds is 1. The van der Waals surface area contributed by atoms with E-state index >= 15 is 0 Å². The summed E-state index contributed by atoms with van der Waals surface area (Å²) in [5.74, 6) is -0.357. The zero-order chi connectivity index (χ0) is 10.8. The van der Waals surface area contributed by atoms with Crippen molar-refractivity contribution < 1.29 is 9.90 Å². The lowest BCUT2D eigenvalue weighted by atomic mass is 10.1. The van der Waals surface area contributed by atoms with Gasteiger partial charge in [0.25, 0.3) is 5.91 Å². The van der Waals surface area contributed by atoms with Gasteiger partial charge in [-0.25, -0.2) is 0 Å². The lowest BCUT2D eigenvalue weighted by molar-refractivity contribution is 0.0962. The predicted molar refractivity (Wildman–Crippen MR) is 57.5 cm³/mol. The molecule has 0 aliphatic rings. The highest BCUT2D eigenvalue weighted by atomic mass is 16.3. The Labute approximate surface area is 87.3 Å². The summed E-state index contributed by atoms with van der Waals surface area (Å²) in [6.45, 7) is 0. The zero-order valence-electron chi connectivity index (χ0n) is 8.28. The predicted octanol–water partition coefficient (Wildman–Crippen LogP) is 2.34. The minimum atomic E-state index is -0.238. The second kappa shape index (κ2) is 3.61. The Kier molecular flexibility index (Phi) is 2.29. The highest BCUT2D eigenvalue weighted by Gasteiger charge is 2.08. The molecule has 2 rings (SSSR count). The van der Waals surface area contributed by atoms with Crippen molar-refractivity contribution in [2.45, 2.75) is 0 Å². The molecule has 0 unspecified atom stereocenters. The van der Waals surface area contributed by atoms with Crippen LogP contribution in [-0.2, 0) is 5.11 Å². The Hall–Kier alpha value is -2.03. The normalized spacial score (nSPS) is 10.2. The van der Waals surface area contributed by atoms with Crippen LogP contribution in [0.2, 0.25) is 0 Å². The fraction of sp³-hybridized carbons (Fsp3) is 0.0833. The van der Waals surface area contributed by atoms with E-state index in [9.17, 15) is 9.90 Å². The second-order valence-corrected chi connectivity index (χ2v) is 3.27. The molecule has 2 aromatic carbocycles. The van der Waals surface area contributed by atoms with Gasteiger partial charge in [0.15, 0.2) is 5.75 Å². The minimum Gasteiger partial charge on any atom is -0.355 e. The number of hydrogen-bond donors (Lipinski definition) is 1. The van der Waals surface area contributed by atoms with Gasteiger partial charge in [-0.1, -0.05) is 24.3 Å². The summed E-state index contributed by atoms with van der Waals surface area (Å²) in [7, 11) is 1.54. The maximum Gasteiger partial charge on any atom is 0.251 e. The first kappa shape index (κ1) is 9.52. The molecule has 0 bridgehead atoms. The Morgan fingerprint density at radius 1 is 1.20 bits per heavy atom. The number of fused-ring (bicyclic) bond motifs is 1. The largest absolute Gasteiger partial charge is 0.355 e. The van der Waals surface area contributed by atoms with E-state index in [4.69, 9.17) is 0 Å². The molecule has 0 aliphatic heterocycles. The van der Waals surface area contributed by atoms with Crippen LogP contribution in [0.25, 0.3) is 10.8 Å². The van der Waals surface area contributed by atoms with Crippen molar-refractivity contribution in [3.05, 3.63) is 42.0 Å². The molecule has 1 N–H and O–H groups in total. The first-order valence-corrected chi connectivity index (χ1v) is 4.64. The Morgan fingerprint density at radius 3 is 2.67 bits per heavy atom. The van der Waals surface area contributed by atoms with Crippen molar-refractivity contribution in [2.75, 3.05) is 7.05 Å². The van der Waals surface area contributed by atoms with Gasteiger partial charge in [0.05, 0.1) is 0 Å². The average molecular weight is 200 g/mol. The summed E-state index contributed by atoms with van der Waals surface area (Å²) in [6, 6.07) is 10.3. The fourth-order valence-corrected chi connectivity index (χ4v) is 1.55. The summed E-state index contributed by atoms with van der Waals surface area (Å²) in [6.07, 6.45) is 0. The molecule has 15 heavy (non-hydrogen) atoms. The summed E-state index contributed by atoms with van der Waals surface area (Å²) in [4.78, 5) is 11.4. The maximum atomic E-state index is 11.6. The molecule has 1 radical (unpaired) electrons. The Balaban J connectivity index is 2.67. The molecule has 3 nitrogen and oxygen atoms in total. The number of nitrogens with one attached hydrogen (secondary N) is 1. The molecule has 0 saturated carbocycles. The molecule has 75 valence electrons. The van der Waals surface area contributed by atoms with E-state index in [1.165, 1.54) is 6.07 Å². The third kappa shape index (κ3) is 1.64. The number of carbonyl (C=O) groups is 1. The van der Waals surface area contributed by atoms with Crippen molar-refractivity contribution >= 4 is 16.7 Å². The molecule has 1 amide bonds. The quantitative estimate of drug-likeness (QED) is 0.754. The van der Waals surface area contributed by atoms with Gasteiger partial charge in [-0.2, -0.15) is 0 Å². The molecule has 2 aromatic rings. The summed E-state index contributed by atoms with van der Waals surface area (Å²) < 4.78 is 0. The molecule has 0 aromatic heterocycles. The molecule has 0 heterocycles. The van der Waals surface area contributed by atoms with Gasteiger partial charge in [-0.05, 0) is 17.5 Å². The molecule has 0 aliphatic carbocycles. The van der Waals surface area contributed by atoms with E-state index in [0.29, 0.717) is 10.9 Å². The Bertz CT molecular complexity index is 520. The van der Waals surface area contributed by atoms with Gasteiger partial charge in [0.2, 0.25) is 0 Å². The van der Waals surface area contributed by atoms with Crippen LogP contribution in [0.5, 0.6) is 5.75 Å². The van der Waals surface area contributed by atoms with Crippen LogP contribution < -0.4 is 5.32 Å². The monoisotopic (exact) mass is 200 g/mol. The highest BCUT2D eigenvalue weighted by molar-refractivity contribution is 6.00. The van der Waals surface area contributed by atoms with E-state index in [1.54, 1.807) is 19.2 Å². The minimum absolute atomic E-state index is 0.119. The standard InChI is InChI=1S/C12H10NO2/c1-13-12(15)9-6-8-4-2-3-5-10(8)11(14)7-9/h2-7H,1H3,(H,13,15). The van der Waals surface area contributed by atoms with Crippen LogP contribution in [0.3, 0.4) is 0 Å². The van der Waals surface area contributed by atoms with Gasteiger partial charge in [-0.15, -0.1) is 0 Å². The van der Waals surface area contributed by atoms with Gasteiger partial charge < -0.3 is 5.32 Å². The van der Waals surface area contributed by atoms with Crippen molar-refractivity contribution in [2.24, 2.45) is 0 Å². The summed E-state index contributed by atoms with van der Waals surface area (Å²) >= 11 is 0. The average Bonchev–Trinajstić information content (AvgIpc) is 2.28. The van der Waals surface area contributed by atoms with Crippen molar-refractivity contribution in [1.82, 2.24) is 5.32 Å². The zero-order valence-corrected chi connectivity index (χ0v) is 8.28. The topological polar surface area (TPSA) is 49.0 Å². The van der Waals surface area contributed by atoms with Crippen LogP contribution in [0.15, 0.2) is 36.4 Å². The van der Waals surface area contributed by atoms with E-state index in [2.05, 4.69) is 5.32 Å². The lowest BCUT2D eigenvalue weighted by Crippen LogP contribution is -2.17. The van der Waals surface area contributed by atoms with Gasteiger partial charge >= 0.3 is 0 Å². The number of carbonyl (C=O) groups excluding carboxylic acids is 1. The van der Waals surface area contributed by atoms with Gasteiger partial charge in [-0.3, -0.25) is 9.90 Å². The first-order valence-electron chi connectivity index (χ1n) is 4.64. The highest BCUT2D eigenvalue weighted by Crippen LogP contribution is 2.26. The summed E-state index contributed by atoms with van der Waals surface area (Å²) in [5.41, 5.74) is 0.404. The second-order valence-electron chi connectivity index (χ2n) is 3.27. The lowest BCUT2D eigenvalue weighted by Gasteiger charge is -2.03. The van der Waals surface area contributed by atoms with Crippen molar-refractivity contribution in [3.63, 3.8) is 0 Å². The number of amides is 1. The first-order chi connectivity index (χ1) is 7.22. The molecule has 0 spiro atoms. The van der Waals surface area contributed by atoms with Crippen LogP contribution in [-0.4, -0.2) is 13.0 Å².